The second-order valence-electron chi connectivity index (χ2n) is 7.28. The first kappa shape index (κ1) is 23.8. The second kappa shape index (κ2) is 11.6. The molecule has 6 nitrogen and oxygen atoms in total. The molecule has 33 heavy (non-hydrogen) atoms. The number of methoxy groups -OCH3 is 2. The minimum atomic E-state index is -0.369. The molecule has 0 heterocycles. The molecule has 0 spiro atoms. The Hall–Kier alpha value is -3.90. The smallest absolute Gasteiger partial charge is 0.250 e. The maximum absolute atomic E-state index is 13.7. The molecule has 0 saturated heterocycles. The van der Waals surface area contributed by atoms with Crippen LogP contribution in [0.4, 0.5) is 5.69 Å². The van der Waals surface area contributed by atoms with E-state index in [4.69, 9.17) is 14.2 Å². The Morgan fingerprint density at radius 1 is 0.970 bits per heavy atom. The number of benzene rings is 3. The Kier molecular flexibility index (Phi) is 8.38. The third-order valence-corrected chi connectivity index (χ3v) is 4.96. The van der Waals surface area contributed by atoms with Crippen LogP contribution in [0, 0.1) is 0 Å². The van der Waals surface area contributed by atoms with Crippen LogP contribution in [0.3, 0.4) is 0 Å². The van der Waals surface area contributed by atoms with Gasteiger partial charge in [-0.3, -0.25) is 9.59 Å². The molecular formula is C27H27NO5. The van der Waals surface area contributed by atoms with Crippen LogP contribution in [0.1, 0.15) is 27.0 Å². The summed E-state index contributed by atoms with van der Waals surface area (Å²) in [5.41, 5.74) is 2.83. The van der Waals surface area contributed by atoms with E-state index >= 15 is 0 Å². The molecule has 6 heteroatoms. The molecule has 0 aliphatic rings. The lowest BCUT2D eigenvalue weighted by atomic mass is 9.96. The molecule has 0 atom stereocenters. The summed E-state index contributed by atoms with van der Waals surface area (Å²) in [6.45, 7) is 3.95. The molecular weight excluding hydrogens is 418 g/mol. The molecule has 3 aromatic carbocycles. The minimum absolute atomic E-state index is 0.134. The summed E-state index contributed by atoms with van der Waals surface area (Å²) in [4.78, 5) is 26.0. The number of ether oxygens (including phenoxy) is 3. The summed E-state index contributed by atoms with van der Waals surface area (Å²) in [6.07, 6.45) is 2.24. The summed E-state index contributed by atoms with van der Waals surface area (Å²) < 4.78 is 16.3. The molecule has 0 radical (unpaired) electrons. The minimum Gasteiger partial charge on any atom is -0.497 e. The van der Waals surface area contributed by atoms with E-state index in [2.05, 4.69) is 11.9 Å². The lowest BCUT2D eigenvalue weighted by Gasteiger charge is -2.19. The lowest BCUT2D eigenvalue weighted by molar-refractivity contribution is -0.119. The molecule has 0 unspecified atom stereocenters. The quantitative estimate of drug-likeness (QED) is 0.338. The molecule has 1 amide bonds. The Morgan fingerprint density at radius 2 is 1.70 bits per heavy atom. The van der Waals surface area contributed by atoms with E-state index in [9.17, 15) is 9.59 Å². The summed E-state index contributed by atoms with van der Waals surface area (Å²) >= 11 is 0. The van der Waals surface area contributed by atoms with Crippen LogP contribution in [-0.2, 0) is 22.6 Å². The number of allylic oxidation sites excluding steroid dienone is 1. The van der Waals surface area contributed by atoms with Crippen molar-refractivity contribution in [1.82, 2.24) is 0 Å². The van der Waals surface area contributed by atoms with Crippen molar-refractivity contribution in [3.8, 4) is 11.5 Å². The van der Waals surface area contributed by atoms with Gasteiger partial charge in [-0.15, -0.1) is 6.58 Å². The summed E-state index contributed by atoms with van der Waals surface area (Å²) in [6, 6.07) is 20.0. The summed E-state index contributed by atoms with van der Waals surface area (Å²) in [5, 5.41) is 2.78. The molecule has 170 valence electrons. The average molecular weight is 446 g/mol. The average Bonchev–Trinajstić information content (AvgIpc) is 2.84. The van der Waals surface area contributed by atoms with Crippen LogP contribution in [0.25, 0.3) is 0 Å². The first-order valence-corrected chi connectivity index (χ1v) is 10.5. The van der Waals surface area contributed by atoms with Crippen molar-refractivity contribution in [3.05, 3.63) is 102 Å². The van der Waals surface area contributed by atoms with Gasteiger partial charge in [0.05, 0.1) is 18.4 Å². The van der Waals surface area contributed by atoms with E-state index in [1.165, 1.54) is 7.11 Å². The van der Waals surface area contributed by atoms with Crippen LogP contribution in [0.2, 0.25) is 0 Å². The number of rotatable bonds is 11. The van der Waals surface area contributed by atoms with Gasteiger partial charge in [-0.25, -0.2) is 0 Å². The number of hydrogen-bond donors (Lipinski definition) is 1. The van der Waals surface area contributed by atoms with Gasteiger partial charge in [0, 0.05) is 12.7 Å². The standard InChI is InChI=1S/C27H27NO5/c1-4-8-21-13-16-23(28-24(29)18-31-2)25(26(30)20-11-14-22(32-3)15-12-20)27(21)33-17-19-9-6-5-7-10-19/h4-7,9-16H,1,8,17-18H2,2-3H3,(H,28,29). The normalized spacial score (nSPS) is 10.4. The highest BCUT2D eigenvalue weighted by Crippen LogP contribution is 2.34. The number of carbonyl (C=O) groups is 2. The van der Waals surface area contributed by atoms with Crippen molar-refractivity contribution in [3.63, 3.8) is 0 Å². The van der Waals surface area contributed by atoms with Crippen LogP contribution >= 0.6 is 0 Å². The molecule has 0 bridgehead atoms. The molecule has 1 N–H and O–H groups in total. The number of ketones is 1. The number of nitrogens with one attached hydrogen (secondary N) is 1. The van der Waals surface area contributed by atoms with E-state index in [-0.39, 0.29) is 30.5 Å². The van der Waals surface area contributed by atoms with Crippen molar-refractivity contribution < 1.29 is 23.8 Å². The Labute approximate surface area is 193 Å². The van der Waals surface area contributed by atoms with Crippen molar-refractivity contribution in [2.45, 2.75) is 13.0 Å². The van der Waals surface area contributed by atoms with Gasteiger partial charge in [-0.2, -0.15) is 0 Å². The molecule has 0 aliphatic carbocycles. The van der Waals surface area contributed by atoms with E-state index in [0.717, 1.165) is 11.1 Å². The molecule has 0 fully saturated rings. The van der Waals surface area contributed by atoms with Gasteiger partial charge in [0.25, 0.3) is 0 Å². The van der Waals surface area contributed by atoms with Gasteiger partial charge in [0.1, 0.15) is 24.7 Å². The van der Waals surface area contributed by atoms with Crippen LogP contribution in [0.5, 0.6) is 11.5 Å². The predicted octanol–water partition coefficient (Wildman–Crippen LogP) is 4.82. The van der Waals surface area contributed by atoms with E-state index in [0.29, 0.717) is 29.2 Å². The largest absolute Gasteiger partial charge is 0.497 e. The summed E-state index contributed by atoms with van der Waals surface area (Å²) in [5.74, 6) is 0.405. The topological polar surface area (TPSA) is 73.9 Å². The van der Waals surface area contributed by atoms with Gasteiger partial charge in [-0.1, -0.05) is 42.5 Å². The zero-order valence-electron chi connectivity index (χ0n) is 18.8. The first-order valence-electron chi connectivity index (χ1n) is 10.5. The SMILES string of the molecule is C=CCc1ccc(NC(=O)COC)c(C(=O)c2ccc(OC)cc2)c1OCc1ccccc1. The first-order chi connectivity index (χ1) is 16.1. The number of hydrogen-bond acceptors (Lipinski definition) is 5. The third-order valence-electron chi connectivity index (χ3n) is 4.96. The van der Waals surface area contributed by atoms with E-state index in [1.807, 2.05) is 36.4 Å². The molecule has 0 aliphatic heterocycles. The Morgan fingerprint density at radius 3 is 2.33 bits per heavy atom. The lowest BCUT2D eigenvalue weighted by Crippen LogP contribution is -2.20. The number of anilines is 1. The fraction of sp³-hybridized carbons (Fsp3) is 0.185. The fourth-order valence-electron chi connectivity index (χ4n) is 3.37. The van der Waals surface area contributed by atoms with Gasteiger partial charge < -0.3 is 19.5 Å². The number of carbonyl (C=O) groups excluding carboxylic acids is 2. The zero-order chi connectivity index (χ0) is 23.6. The van der Waals surface area contributed by atoms with Crippen LogP contribution < -0.4 is 14.8 Å². The molecule has 3 rings (SSSR count). The molecule has 0 saturated carbocycles. The monoisotopic (exact) mass is 445 g/mol. The van der Waals surface area contributed by atoms with Crippen LogP contribution in [0.15, 0.2) is 79.4 Å². The highest BCUT2D eigenvalue weighted by Gasteiger charge is 2.23. The van der Waals surface area contributed by atoms with Gasteiger partial charge in [-0.05, 0) is 47.9 Å². The Balaban J connectivity index is 2.09. The van der Waals surface area contributed by atoms with Crippen molar-refractivity contribution >= 4 is 17.4 Å². The van der Waals surface area contributed by atoms with Crippen LogP contribution in [-0.4, -0.2) is 32.5 Å². The highest BCUT2D eigenvalue weighted by molar-refractivity contribution is 6.16. The summed E-state index contributed by atoms with van der Waals surface area (Å²) in [7, 11) is 3.00. The highest BCUT2D eigenvalue weighted by atomic mass is 16.5. The van der Waals surface area contributed by atoms with Gasteiger partial charge in [0.15, 0.2) is 5.78 Å². The van der Waals surface area contributed by atoms with Crippen molar-refractivity contribution in [2.24, 2.45) is 0 Å². The molecule has 3 aromatic rings. The third kappa shape index (κ3) is 6.08. The second-order valence-corrected chi connectivity index (χ2v) is 7.28. The maximum Gasteiger partial charge on any atom is 0.250 e. The molecule has 0 aromatic heterocycles. The van der Waals surface area contributed by atoms with E-state index < -0.39 is 0 Å². The van der Waals surface area contributed by atoms with Crippen molar-refractivity contribution in [2.75, 3.05) is 26.1 Å². The maximum atomic E-state index is 13.7. The van der Waals surface area contributed by atoms with Gasteiger partial charge >= 0.3 is 0 Å². The Bertz CT molecular complexity index is 1110. The zero-order valence-corrected chi connectivity index (χ0v) is 18.8. The number of amides is 1. The van der Waals surface area contributed by atoms with Crippen molar-refractivity contribution in [1.29, 1.82) is 0 Å². The van der Waals surface area contributed by atoms with Gasteiger partial charge in [0.2, 0.25) is 5.91 Å². The predicted molar refractivity (Wildman–Crippen MR) is 128 cm³/mol. The van der Waals surface area contributed by atoms with E-state index in [1.54, 1.807) is 43.5 Å². The fourth-order valence-corrected chi connectivity index (χ4v) is 3.37.